The van der Waals surface area contributed by atoms with E-state index in [9.17, 15) is 14.7 Å². The minimum atomic E-state index is -1.04. The molecule has 8 nitrogen and oxygen atoms in total. The Hall–Kier alpha value is -3.42. The zero-order chi connectivity index (χ0) is 19.3. The molecular formula is C19H19N5O3. The number of aromatic carboxylic acids is 1. The summed E-state index contributed by atoms with van der Waals surface area (Å²) in [5.41, 5.74) is 2.22. The van der Waals surface area contributed by atoms with E-state index in [0.717, 1.165) is 17.2 Å². The third kappa shape index (κ3) is 2.69. The summed E-state index contributed by atoms with van der Waals surface area (Å²) < 4.78 is 3.62. The fraction of sp³-hybridized carbons (Fsp3) is 0.263. The van der Waals surface area contributed by atoms with Crippen molar-refractivity contribution in [2.45, 2.75) is 13.0 Å². The average molecular weight is 365 g/mol. The molecule has 0 saturated carbocycles. The number of hydrogen-bond donors (Lipinski definition) is 1. The zero-order valence-electron chi connectivity index (χ0n) is 15.3. The van der Waals surface area contributed by atoms with Gasteiger partial charge < -0.3 is 14.6 Å². The van der Waals surface area contributed by atoms with Gasteiger partial charge in [0, 0.05) is 27.7 Å². The van der Waals surface area contributed by atoms with E-state index in [2.05, 4.69) is 9.97 Å². The molecule has 1 aliphatic heterocycles. The largest absolute Gasteiger partial charge is 0.478 e. The van der Waals surface area contributed by atoms with Crippen LogP contribution in [0.15, 0.2) is 29.2 Å². The number of anilines is 1. The van der Waals surface area contributed by atoms with Crippen molar-refractivity contribution in [1.82, 2.24) is 19.1 Å². The highest BCUT2D eigenvalue weighted by atomic mass is 16.4. The van der Waals surface area contributed by atoms with Gasteiger partial charge in [-0.2, -0.15) is 0 Å². The Labute approximate surface area is 155 Å². The van der Waals surface area contributed by atoms with Gasteiger partial charge in [0.1, 0.15) is 5.82 Å². The summed E-state index contributed by atoms with van der Waals surface area (Å²) in [5.74, 6) is 0.374. The number of nitrogens with zero attached hydrogens (tertiary/aromatic N) is 5. The summed E-state index contributed by atoms with van der Waals surface area (Å²) in [6.07, 6.45) is 4.46. The molecule has 0 atom stereocenters. The van der Waals surface area contributed by atoms with Crippen LogP contribution in [0.3, 0.4) is 0 Å². The SMILES string of the molecule is CN(C)c1ncc(/C=C2/CCn3c2nc2cc(C(=O)O)ccc2c3=O)n1C. The van der Waals surface area contributed by atoms with Crippen LogP contribution in [0.5, 0.6) is 0 Å². The van der Waals surface area contributed by atoms with Crippen LogP contribution in [0.1, 0.15) is 28.3 Å². The molecule has 0 bridgehead atoms. The average Bonchev–Trinajstić information content (AvgIpc) is 3.19. The molecule has 8 heteroatoms. The molecule has 0 radical (unpaired) electrons. The Bertz CT molecular complexity index is 1170. The lowest BCUT2D eigenvalue weighted by Crippen LogP contribution is -2.21. The van der Waals surface area contributed by atoms with E-state index in [1.165, 1.54) is 18.2 Å². The van der Waals surface area contributed by atoms with Gasteiger partial charge in [0.05, 0.1) is 28.4 Å². The first kappa shape index (κ1) is 17.0. The zero-order valence-corrected chi connectivity index (χ0v) is 15.3. The molecular weight excluding hydrogens is 346 g/mol. The second-order valence-electron chi connectivity index (χ2n) is 6.79. The molecule has 138 valence electrons. The summed E-state index contributed by atoms with van der Waals surface area (Å²) in [4.78, 5) is 34.9. The fourth-order valence-corrected chi connectivity index (χ4v) is 3.43. The third-order valence-corrected chi connectivity index (χ3v) is 4.82. The van der Waals surface area contributed by atoms with E-state index in [1.54, 1.807) is 10.8 Å². The molecule has 1 aliphatic rings. The highest BCUT2D eigenvalue weighted by Gasteiger charge is 2.22. The van der Waals surface area contributed by atoms with Crippen molar-refractivity contribution < 1.29 is 9.90 Å². The summed E-state index contributed by atoms with van der Waals surface area (Å²) in [7, 11) is 5.79. The summed E-state index contributed by atoms with van der Waals surface area (Å²) in [6, 6.07) is 4.42. The van der Waals surface area contributed by atoms with Crippen molar-refractivity contribution >= 4 is 34.5 Å². The number of carbonyl (C=O) groups is 1. The number of fused-ring (bicyclic) bond motifs is 2. The maximum atomic E-state index is 12.8. The molecule has 1 aromatic carbocycles. The molecule has 3 aromatic rings. The minimum Gasteiger partial charge on any atom is -0.478 e. The number of carboxylic acid groups (broad SMARTS) is 1. The molecule has 0 aliphatic carbocycles. The molecule has 3 heterocycles. The number of benzene rings is 1. The molecule has 4 rings (SSSR count). The van der Waals surface area contributed by atoms with Crippen LogP contribution in [0.25, 0.3) is 22.6 Å². The third-order valence-electron chi connectivity index (χ3n) is 4.82. The molecule has 0 unspecified atom stereocenters. The number of carboxylic acids is 1. The van der Waals surface area contributed by atoms with Crippen molar-refractivity contribution in [1.29, 1.82) is 0 Å². The Morgan fingerprint density at radius 2 is 2.11 bits per heavy atom. The molecule has 0 amide bonds. The second-order valence-corrected chi connectivity index (χ2v) is 6.79. The van der Waals surface area contributed by atoms with Gasteiger partial charge in [-0.05, 0) is 36.3 Å². The predicted molar refractivity (Wildman–Crippen MR) is 103 cm³/mol. The van der Waals surface area contributed by atoms with Gasteiger partial charge in [-0.1, -0.05) is 0 Å². The number of allylic oxidation sites excluding steroid dienone is 1. The standard InChI is InChI=1S/C19H19N5O3/c1-22(2)19-20-10-13(23(19)3)8-11-6-7-24-16(11)21-15-9-12(18(26)27)4-5-14(15)17(24)25/h4-5,8-10H,6-7H2,1-3H3,(H,26,27)/b11-8-. The number of aromatic nitrogens is 4. The molecule has 27 heavy (non-hydrogen) atoms. The van der Waals surface area contributed by atoms with Crippen LogP contribution < -0.4 is 10.5 Å². The van der Waals surface area contributed by atoms with E-state index in [1.807, 2.05) is 36.7 Å². The van der Waals surface area contributed by atoms with Crippen molar-refractivity contribution in [3.05, 3.63) is 51.8 Å². The smallest absolute Gasteiger partial charge is 0.335 e. The lowest BCUT2D eigenvalue weighted by Gasteiger charge is -2.11. The van der Waals surface area contributed by atoms with Gasteiger partial charge in [0.2, 0.25) is 5.95 Å². The van der Waals surface area contributed by atoms with Crippen LogP contribution in [-0.2, 0) is 13.6 Å². The van der Waals surface area contributed by atoms with E-state index < -0.39 is 5.97 Å². The first-order chi connectivity index (χ1) is 12.9. The van der Waals surface area contributed by atoms with Crippen molar-refractivity contribution in [3.8, 4) is 0 Å². The van der Waals surface area contributed by atoms with Crippen molar-refractivity contribution in [2.75, 3.05) is 19.0 Å². The molecule has 2 aromatic heterocycles. The van der Waals surface area contributed by atoms with Gasteiger partial charge in [-0.25, -0.2) is 14.8 Å². The van der Waals surface area contributed by atoms with Crippen LogP contribution in [0, 0.1) is 0 Å². The van der Waals surface area contributed by atoms with E-state index in [0.29, 0.717) is 29.7 Å². The Balaban J connectivity index is 1.87. The molecule has 1 N–H and O–H groups in total. The van der Waals surface area contributed by atoms with E-state index in [-0.39, 0.29) is 11.1 Å². The highest BCUT2D eigenvalue weighted by molar-refractivity contribution is 5.93. The number of imidazole rings is 1. The monoisotopic (exact) mass is 365 g/mol. The van der Waals surface area contributed by atoms with E-state index >= 15 is 0 Å². The van der Waals surface area contributed by atoms with E-state index in [4.69, 9.17) is 0 Å². The lowest BCUT2D eigenvalue weighted by atomic mass is 10.1. The normalized spacial score (nSPS) is 14.7. The van der Waals surface area contributed by atoms with Crippen LogP contribution in [0.4, 0.5) is 5.95 Å². The highest BCUT2D eigenvalue weighted by Crippen LogP contribution is 2.28. The van der Waals surface area contributed by atoms with Gasteiger partial charge in [0.15, 0.2) is 0 Å². The fourth-order valence-electron chi connectivity index (χ4n) is 3.43. The van der Waals surface area contributed by atoms with Gasteiger partial charge >= 0.3 is 5.97 Å². The Morgan fingerprint density at radius 1 is 1.33 bits per heavy atom. The van der Waals surface area contributed by atoms with Gasteiger partial charge in [-0.15, -0.1) is 0 Å². The minimum absolute atomic E-state index is 0.116. The van der Waals surface area contributed by atoms with Gasteiger partial charge in [-0.3, -0.25) is 9.36 Å². The summed E-state index contributed by atoms with van der Waals surface area (Å²) >= 11 is 0. The first-order valence-electron chi connectivity index (χ1n) is 8.54. The lowest BCUT2D eigenvalue weighted by molar-refractivity contribution is 0.0697. The maximum Gasteiger partial charge on any atom is 0.335 e. The Morgan fingerprint density at radius 3 is 2.78 bits per heavy atom. The summed E-state index contributed by atoms with van der Waals surface area (Å²) in [5, 5.41) is 9.63. The van der Waals surface area contributed by atoms with Crippen LogP contribution in [0.2, 0.25) is 0 Å². The van der Waals surface area contributed by atoms with Crippen molar-refractivity contribution in [3.63, 3.8) is 0 Å². The molecule has 0 fully saturated rings. The molecule has 0 spiro atoms. The topological polar surface area (TPSA) is 93.2 Å². The van der Waals surface area contributed by atoms with Crippen LogP contribution in [-0.4, -0.2) is 44.3 Å². The van der Waals surface area contributed by atoms with Crippen molar-refractivity contribution in [2.24, 2.45) is 7.05 Å². The number of rotatable bonds is 3. The van der Waals surface area contributed by atoms with Gasteiger partial charge in [0.25, 0.3) is 5.56 Å². The predicted octanol–water partition coefficient (Wildman–Crippen LogP) is 1.84. The second kappa shape index (κ2) is 6.08. The Kier molecular flexibility index (Phi) is 3.83. The quantitative estimate of drug-likeness (QED) is 0.761. The first-order valence-corrected chi connectivity index (χ1v) is 8.54. The molecule has 0 saturated heterocycles. The van der Waals surface area contributed by atoms with Crippen LogP contribution >= 0.6 is 0 Å². The number of hydrogen-bond acceptors (Lipinski definition) is 5. The maximum absolute atomic E-state index is 12.8. The summed E-state index contributed by atoms with van der Waals surface area (Å²) in [6.45, 7) is 0.558.